The van der Waals surface area contributed by atoms with Gasteiger partial charge in [0.15, 0.2) is 0 Å². The quantitative estimate of drug-likeness (QED) is 0.831. The Morgan fingerprint density at radius 3 is 2.29 bits per heavy atom. The van der Waals surface area contributed by atoms with Crippen molar-refractivity contribution in [1.82, 2.24) is 0 Å². The van der Waals surface area contributed by atoms with Gasteiger partial charge in [0.1, 0.15) is 0 Å². The minimum absolute atomic E-state index is 0.0153. The van der Waals surface area contributed by atoms with Gasteiger partial charge < -0.3 is 10.8 Å². The lowest BCUT2D eigenvalue weighted by Crippen LogP contribution is -2.21. The van der Waals surface area contributed by atoms with Gasteiger partial charge in [-0.2, -0.15) is 0 Å². The molecule has 3 nitrogen and oxygen atoms in total. The number of hydrogen-bond donors (Lipinski definition) is 2. The predicted octanol–water partition coefficient (Wildman–Crippen LogP) is 2.01. The van der Waals surface area contributed by atoms with E-state index < -0.39 is 17.8 Å². The molecule has 0 radical (unpaired) electrons. The highest BCUT2D eigenvalue weighted by Gasteiger charge is 2.22. The molecule has 94 valence electrons. The molecule has 0 aliphatic rings. The number of carboxylic acids is 1. The van der Waals surface area contributed by atoms with E-state index >= 15 is 0 Å². The van der Waals surface area contributed by atoms with Crippen LogP contribution in [0.1, 0.15) is 24.0 Å². The Kier molecular flexibility index (Phi) is 4.17. The monoisotopic (exact) mass is 243 g/mol. The Morgan fingerprint density at radius 2 is 1.94 bits per heavy atom. The zero-order chi connectivity index (χ0) is 13.1. The molecule has 0 amide bonds. The minimum Gasteiger partial charge on any atom is -0.481 e. The second-order valence-electron chi connectivity index (χ2n) is 4.12. The van der Waals surface area contributed by atoms with Gasteiger partial charge in [0.25, 0.3) is 0 Å². The van der Waals surface area contributed by atoms with E-state index in [2.05, 4.69) is 0 Å². The first-order chi connectivity index (χ1) is 7.83. The van der Waals surface area contributed by atoms with Crippen LogP contribution in [-0.4, -0.2) is 23.5 Å². The van der Waals surface area contributed by atoms with E-state index in [4.69, 9.17) is 10.8 Å². The maximum atomic E-state index is 12.7. The van der Waals surface area contributed by atoms with Crippen molar-refractivity contribution in [3.63, 3.8) is 0 Å². The largest absolute Gasteiger partial charge is 0.481 e. The summed E-state index contributed by atoms with van der Waals surface area (Å²) in [5.41, 5.74) is 6.35. The van der Waals surface area contributed by atoms with E-state index in [9.17, 15) is 13.6 Å². The molecule has 0 heterocycles. The molecule has 0 aromatic heterocycles. The van der Waals surface area contributed by atoms with Crippen molar-refractivity contribution < 1.29 is 18.7 Å². The van der Waals surface area contributed by atoms with Crippen LogP contribution in [0.3, 0.4) is 0 Å². The number of aliphatic carboxylic acids is 1. The zero-order valence-electron chi connectivity index (χ0n) is 9.49. The van der Waals surface area contributed by atoms with Crippen LogP contribution < -0.4 is 5.73 Å². The molecule has 1 atom stereocenters. The molecule has 1 unspecified atom stereocenters. The Bertz CT molecular complexity index is 384. The van der Waals surface area contributed by atoms with Gasteiger partial charge in [-0.25, -0.2) is 8.78 Å². The molecule has 0 aliphatic heterocycles. The normalized spacial score (nSPS) is 13.4. The van der Waals surface area contributed by atoms with Gasteiger partial charge in [0.2, 0.25) is 5.92 Å². The van der Waals surface area contributed by atoms with E-state index in [1.165, 1.54) is 24.3 Å². The predicted molar refractivity (Wildman–Crippen MR) is 60.2 cm³/mol. The topological polar surface area (TPSA) is 63.3 Å². The van der Waals surface area contributed by atoms with Crippen molar-refractivity contribution in [3.05, 3.63) is 35.4 Å². The SMILES string of the molecule is CC(F)(F)Cc1ccc(C(CN)C(=O)O)cc1. The third-order valence-corrected chi connectivity index (χ3v) is 2.43. The van der Waals surface area contributed by atoms with Gasteiger partial charge in [-0.1, -0.05) is 24.3 Å². The van der Waals surface area contributed by atoms with Gasteiger partial charge in [0, 0.05) is 13.0 Å². The van der Waals surface area contributed by atoms with Crippen LogP contribution in [0, 0.1) is 0 Å². The fourth-order valence-corrected chi connectivity index (χ4v) is 1.61. The molecule has 0 bridgehead atoms. The zero-order valence-corrected chi connectivity index (χ0v) is 9.49. The lowest BCUT2D eigenvalue weighted by Gasteiger charge is -2.13. The molecule has 0 spiro atoms. The highest BCUT2D eigenvalue weighted by molar-refractivity contribution is 5.76. The van der Waals surface area contributed by atoms with E-state index in [1.54, 1.807) is 0 Å². The van der Waals surface area contributed by atoms with Crippen molar-refractivity contribution >= 4 is 5.97 Å². The van der Waals surface area contributed by atoms with Crippen LogP contribution in [0.25, 0.3) is 0 Å². The first-order valence-corrected chi connectivity index (χ1v) is 5.23. The molecule has 0 fully saturated rings. The van der Waals surface area contributed by atoms with E-state index in [0.29, 0.717) is 11.1 Å². The molecule has 1 aromatic carbocycles. The Labute approximate surface area is 98.2 Å². The van der Waals surface area contributed by atoms with Crippen LogP contribution in [0.4, 0.5) is 8.78 Å². The maximum absolute atomic E-state index is 12.7. The molecule has 3 N–H and O–H groups in total. The van der Waals surface area contributed by atoms with Crippen molar-refractivity contribution in [2.75, 3.05) is 6.54 Å². The van der Waals surface area contributed by atoms with Crippen molar-refractivity contribution in [1.29, 1.82) is 0 Å². The minimum atomic E-state index is -2.76. The average molecular weight is 243 g/mol. The number of hydrogen-bond acceptors (Lipinski definition) is 2. The number of carbonyl (C=O) groups is 1. The van der Waals surface area contributed by atoms with Gasteiger partial charge in [-0.3, -0.25) is 4.79 Å². The molecule has 5 heteroatoms. The summed E-state index contributed by atoms with van der Waals surface area (Å²) in [6.07, 6.45) is -0.354. The van der Waals surface area contributed by atoms with Crippen molar-refractivity contribution in [3.8, 4) is 0 Å². The average Bonchev–Trinajstić information content (AvgIpc) is 2.18. The van der Waals surface area contributed by atoms with Gasteiger partial charge >= 0.3 is 5.97 Å². The van der Waals surface area contributed by atoms with Crippen LogP contribution in [0.5, 0.6) is 0 Å². The fraction of sp³-hybridized carbons (Fsp3) is 0.417. The summed E-state index contributed by atoms with van der Waals surface area (Å²) in [6, 6.07) is 6.09. The summed E-state index contributed by atoms with van der Waals surface area (Å²) < 4.78 is 25.5. The van der Waals surface area contributed by atoms with E-state index in [0.717, 1.165) is 6.92 Å². The molecule has 0 aliphatic carbocycles. The fourth-order valence-electron chi connectivity index (χ4n) is 1.61. The second-order valence-corrected chi connectivity index (χ2v) is 4.12. The second kappa shape index (κ2) is 5.23. The molecule has 0 saturated carbocycles. The standard InChI is InChI=1S/C12H15F2NO2/c1-12(13,14)6-8-2-4-9(5-3-8)10(7-15)11(16)17/h2-5,10H,6-7,15H2,1H3,(H,16,17). The number of rotatable bonds is 5. The Balaban J connectivity index is 2.84. The maximum Gasteiger partial charge on any atom is 0.312 e. The lowest BCUT2D eigenvalue weighted by atomic mass is 9.97. The number of nitrogens with two attached hydrogens (primary N) is 1. The van der Waals surface area contributed by atoms with Crippen LogP contribution in [-0.2, 0) is 11.2 Å². The number of alkyl halides is 2. The van der Waals surface area contributed by atoms with E-state index in [-0.39, 0.29) is 13.0 Å². The van der Waals surface area contributed by atoms with Crippen molar-refractivity contribution in [2.24, 2.45) is 5.73 Å². The first-order valence-electron chi connectivity index (χ1n) is 5.23. The highest BCUT2D eigenvalue weighted by atomic mass is 19.3. The van der Waals surface area contributed by atoms with Crippen LogP contribution >= 0.6 is 0 Å². The van der Waals surface area contributed by atoms with E-state index in [1.807, 2.05) is 0 Å². The summed E-state index contributed by atoms with van der Waals surface area (Å²) in [4.78, 5) is 10.8. The molecule has 0 saturated heterocycles. The summed E-state index contributed by atoms with van der Waals surface area (Å²) >= 11 is 0. The number of halogens is 2. The summed E-state index contributed by atoms with van der Waals surface area (Å²) in [6.45, 7) is 0.833. The Morgan fingerprint density at radius 1 is 1.41 bits per heavy atom. The smallest absolute Gasteiger partial charge is 0.312 e. The molecule has 1 rings (SSSR count). The van der Waals surface area contributed by atoms with Gasteiger partial charge in [-0.15, -0.1) is 0 Å². The Hall–Kier alpha value is -1.49. The summed E-state index contributed by atoms with van der Waals surface area (Å²) in [5, 5.41) is 8.88. The first kappa shape index (κ1) is 13.6. The third-order valence-electron chi connectivity index (χ3n) is 2.43. The summed E-state index contributed by atoms with van der Waals surface area (Å²) in [7, 11) is 0. The third kappa shape index (κ3) is 4.11. The van der Waals surface area contributed by atoms with Gasteiger partial charge in [0.05, 0.1) is 5.92 Å². The van der Waals surface area contributed by atoms with Crippen LogP contribution in [0.15, 0.2) is 24.3 Å². The summed E-state index contributed by atoms with van der Waals surface area (Å²) in [5.74, 6) is -4.56. The lowest BCUT2D eigenvalue weighted by molar-refractivity contribution is -0.138. The molecular weight excluding hydrogens is 228 g/mol. The van der Waals surface area contributed by atoms with Gasteiger partial charge in [-0.05, 0) is 18.1 Å². The molecule has 17 heavy (non-hydrogen) atoms. The highest BCUT2D eigenvalue weighted by Crippen LogP contribution is 2.21. The molecule has 1 aromatic rings. The number of benzene rings is 1. The van der Waals surface area contributed by atoms with Crippen molar-refractivity contribution in [2.45, 2.75) is 25.2 Å². The van der Waals surface area contributed by atoms with Crippen LogP contribution in [0.2, 0.25) is 0 Å². The number of carboxylic acid groups (broad SMARTS) is 1. The molecular formula is C12H15F2NO2.